The van der Waals surface area contributed by atoms with Crippen LogP contribution in [-0.4, -0.2) is 40.6 Å². The van der Waals surface area contributed by atoms with E-state index in [0.717, 1.165) is 55.1 Å². The number of ether oxygens (including phenoxy) is 1. The van der Waals surface area contributed by atoms with Crippen LogP contribution in [0.5, 0.6) is 5.75 Å². The Morgan fingerprint density at radius 2 is 1.93 bits per heavy atom. The molecule has 0 spiro atoms. The van der Waals surface area contributed by atoms with Crippen LogP contribution in [0.3, 0.4) is 0 Å². The molecule has 1 aromatic heterocycles. The van der Waals surface area contributed by atoms with E-state index in [1.54, 1.807) is 7.11 Å². The number of unbranched alkanes of at least 4 members (excludes halogenated alkanes) is 1. The fraction of sp³-hybridized carbons (Fsp3) is 0.391. The third kappa shape index (κ3) is 3.61. The van der Waals surface area contributed by atoms with Gasteiger partial charge in [0, 0.05) is 32.0 Å². The zero-order valence-corrected chi connectivity index (χ0v) is 16.6. The number of fused-ring (bicyclic) bond motifs is 1. The van der Waals surface area contributed by atoms with Gasteiger partial charge in [0.1, 0.15) is 11.6 Å². The number of carbonyl (C=O) groups excluding carboxylic acids is 1. The molecule has 0 saturated carbocycles. The molecule has 0 bridgehead atoms. The minimum atomic E-state index is 0.148. The first kappa shape index (κ1) is 18.5. The number of hydrogen-bond acceptors (Lipinski definition) is 3. The molecule has 3 aromatic rings. The van der Waals surface area contributed by atoms with Gasteiger partial charge in [-0.05, 0) is 36.2 Å². The van der Waals surface area contributed by atoms with Crippen molar-refractivity contribution in [3.63, 3.8) is 0 Å². The number of amides is 1. The van der Waals surface area contributed by atoms with Crippen LogP contribution in [0.25, 0.3) is 11.0 Å². The van der Waals surface area contributed by atoms with E-state index >= 15 is 0 Å². The largest absolute Gasteiger partial charge is 0.497 e. The molecule has 0 N–H and O–H groups in total. The predicted molar refractivity (Wildman–Crippen MR) is 111 cm³/mol. The van der Waals surface area contributed by atoms with Crippen LogP contribution in [0.2, 0.25) is 0 Å². The standard InChI is InChI=1S/C23H27N3O2/c1-3-4-13-25-16-18(14-22(25)27)23-24-20-7-5-6-8-21(20)26(23)15-17-9-11-19(28-2)12-10-17/h5-12,18H,3-4,13-16H2,1-2H3/t18-/m0/s1. The molecule has 1 atom stereocenters. The molecule has 0 unspecified atom stereocenters. The first-order chi connectivity index (χ1) is 13.7. The van der Waals surface area contributed by atoms with Gasteiger partial charge >= 0.3 is 0 Å². The van der Waals surface area contributed by atoms with Crippen LogP contribution in [0.15, 0.2) is 48.5 Å². The number of carbonyl (C=O) groups is 1. The van der Waals surface area contributed by atoms with Gasteiger partial charge in [0.15, 0.2) is 0 Å². The Morgan fingerprint density at radius 3 is 2.68 bits per heavy atom. The number of para-hydroxylation sites is 2. The number of hydrogen-bond donors (Lipinski definition) is 0. The highest BCUT2D eigenvalue weighted by molar-refractivity contribution is 5.81. The summed E-state index contributed by atoms with van der Waals surface area (Å²) in [5, 5.41) is 0. The smallest absolute Gasteiger partial charge is 0.223 e. The van der Waals surface area contributed by atoms with Crippen molar-refractivity contribution in [1.82, 2.24) is 14.5 Å². The van der Waals surface area contributed by atoms with Gasteiger partial charge in [0.2, 0.25) is 5.91 Å². The topological polar surface area (TPSA) is 47.4 Å². The zero-order valence-electron chi connectivity index (χ0n) is 16.6. The van der Waals surface area contributed by atoms with Gasteiger partial charge in [0.25, 0.3) is 0 Å². The predicted octanol–water partition coefficient (Wildman–Crippen LogP) is 4.21. The van der Waals surface area contributed by atoms with Crippen molar-refractivity contribution >= 4 is 16.9 Å². The van der Waals surface area contributed by atoms with Crippen LogP contribution in [0.1, 0.15) is 43.5 Å². The van der Waals surface area contributed by atoms with Gasteiger partial charge < -0.3 is 14.2 Å². The summed E-state index contributed by atoms with van der Waals surface area (Å²) >= 11 is 0. The number of methoxy groups -OCH3 is 1. The van der Waals surface area contributed by atoms with Crippen molar-refractivity contribution in [2.24, 2.45) is 0 Å². The summed E-state index contributed by atoms with van der Waals surface area (Å²) < 4.78 is 7.55. The lowest BCUT2D eigenvalue weighted by molar-refractivity contribution is -0.127. The fourth-order valence-electron chi connectivity index (χ4n) is 4.00. The second-order valence-electron chi connectivity index (χ2n) is 7.49. The Morgan fingerprint density at radius 1 is 1.14 bits per heavy atom. The normalized spacial score (nSPS) is 16.9. The average molecular weight is 377 g/mol. The van der Waals surface area contributed by atoms with Crippen molar-refractivity contribution in [3.8, 4) is 5.75 Å². The minimum absolute atomic E-state index is 0.148. The molecule has 5 nitrogen and oxygen atoms in total. The number of rotatable bonds is 7. The zero-order chi connectivity index (χ0) is 19.5. The molecule has 2 aromatic carbocycles. The molecule has 5 heteroatoms. The summed E-state index contributed by atoms with van der Waals surface area (Å²) in [6, 6.07) is 16.4. The number of nitrogens with zero attached hydrogens (tertiary/aromatic N) is 3. The summed E-state index contributed by atoms with van der Waals surface area (Å²) in [5.41, 5.74) is 3.30. The molecule has 1 amide bonds. The number of aromatic nitrogens is 2. The van der Waals surface area contributed by atoms with E-state index in [-0.39, 0.29) is 11.8 Å². The highest BCUT2D eigenvalue weighted by atomic mass is 16.5. The highest BCUT2D eigenvalue weighted by Gasteiger charge is 2.33. The molecule has 146 valence electrons. The van der Waals surface area contributed by atoms with Crippen LogP contribution < -0.4 is 4.74 Å². The Bertz CT molecular complexity index is 962. The molecule has 1 aliphatic rings. The Labute approximate surface area is 165 Å². The van der Waals surface area contributed by atoms with Crippen molar-refractivity contribution in [1.29, 1.82) is 0 Å². The Kier molecular flexibility index (Phi) is 5.33. The SMILES string of the molecule is CCCCN1C[C@@H](c2nc3ccccc3n2Cc2ccc(OC)cc2)CC1=O. The van der Waals surface area contributed by atoms with E-state index in [1.807, 2.05) is 29.2 Å². The van der Waals surface area contributed by atoms with Crippen LogP contribution in [0, 0.1) is 0 Å². The lowest BCUT2D eigenvalue weighted by atomic mass is 10.1. The maximum atomic E-state index is 12.5. The van der Waals surface area contributed by atoms with Gasteiger partial charge in [-0.25, -0.2) is 4.98 Å². The summed E-state index contributed by atoms with van der Waals surface area (Å²) in [7, 11) is 1.68. The summed E-state index contributed by atoms with van der Waals surface area (Å²) in [4.78, 5) is 19.4. The maximum absolute atomic E-state index is 12.5. The van der Waals surface area contributed by atoms with Crippen molar-refractivity contribution in [2.45, 2.75) is 38.6 Å². The van der Waals surface area contributed by atoms with Gasteiger partial charge in [-0.2, -0.15) is 0 Å². The summed E-state index contributed by atoms with van der Waals surface area (Å²) in [5.74, 6) is 2.27. The van der Waals surface area contributed by atoms with Crippen molar-refractivity contribution < 1.29 is 9.53 Å². The van der Waals surface area contributed by atoms with E-state index in [0.29, 0.717) is 6.42 Å². The lowest BCUT2D eigenvalue weighted by Crippen LogP contribution is -2.26. The van der Waals surface area contributed by atoms with E-state index < -0.39 is 0 Å². The molecular weight excluding hydrogens is 350 g/mol. The Balaban J connectivity index is 1.66. The van der Waals surface area contributed by atoms with Crippen LogP contribution >= 0.6 is 0 Å². The maximum Gasteiger partial charge on any atom is 0.223 e. The molecule has 1 aliphatic heterocycles. The first-order valence-corrected chi connectivity index (χ1v) is 10.1. The molecule has 0 radical (unpaired) electrons. The fourth-order valence-corrected chi connectivity index (χ4v) is 4.00. The van der Waals surface area contributed by atoms with Gasteiger partial charge in [-0.3, -0.25) is 4.79 Å². The molecular formula is C23H27N3O2. The van der Waals surface area contributed by atoms with Gasteiger partial charge in [0.05, 0.1) is 18.1 Å². The van der Waals surface area contributed by atoms with Gasteiger partial charge in [-0.15, -0.1) is 0 Å². The third-order valence-electron chi connectivity index (χ3n) is 5.55. The van der Waals surface area contributed by atoms with Gasteiger partial charge in [-0.1, -0.05) is 37.6 Å². The second-order valence-corrected chi connectivity index (χ2v) is 7.49. The lowest BCUT2D eigenvalue weighted by Gasteiger charge is -2.17. The number of likely N-dealkylation sites (tertiary alicyclic amines) is 1. The Hall–Kier alpha value is -2.82. The second kappa shape index (κ2) is 8.05. The molecule has 0 aliphatic carbocycles. The number of imidazole rings is 1. The molecule has 1 fully saturated rings. The molecule has 2 heterocycles. The summed E-state index contributed by atoms with van der Waals surface area (Å²) in [6.45, 7) is 4.51. The monoisotopic (exact) mass is 377 g/mol. The average Bonchev–Trinajstić information content (AvgIpc) is 3.27. The number of benzene rings is 2. The van der Waals surface area contributed by atoms with E-state index in [1.165, 1.54) is 5.56 Å². The van der Waals surface area contributed by atoms with E-state index in [2.05, 4.69) is 35.8 Å². The quantitative estimate of drug-likeness (QED) is 0.620. The van der Waals surface area contributed by atoms with Crippen LogP contribution in [0.4, 0.5) is 0 Å². The molecule has 1 saturated heterocycles. The first-order valence-electron chi connectivity index (χ1n) is 10.1. The highest BCUT2D eigenvalue weighted by Crippen LogP contribution is 2.31. The van der Waals surface area contributed by atoms with Crippen LogP contribution in [-0.2, 0) is 11.3 Å². The minimum Gasteiger partial charge on any atom is -0.497 e. The van der Waals surface area contributed by atoms with E-state index in [4.69, 9.17) is 9.72 Å². The third-order valence-corrected chi connectivity index (χ3v) is 5.55. The van der Waals surface area contributed by atoms with Crippen molar-refractivity contribution in [3.05, 3.63) is 59.9 Å². The molecule has 4 rings (SSSR count). The molecule has 28 heavy (non-hydrogen) atoms. The van der Waals surface area contributed by atoms with E-state index in [9.17, 15) is 4.79 Å². The van der Waals surface area contributed by atoms with Crippen molar-refractivity contribution in [2.75, 3.05) is 20.2 Å². The summed E-state index contributed by atoms with van der Waals surface area (Å²) in [6.07, 6.45) is 2.71.